The molecule has 0 bridgehead atoms. The van der Waals surface area contributed by atoms with Crippen LogP contribution in [0.25, 0.3) is 0 Å². The second kappa shape index (κ2) is 11.0. The Balaban J connectivity index is 1.82. The number of halogens is 1. The van der Waals surface area contributed by atoms with Crippen molar-refractivity contribution in [3.63, 3.8) is 0 Å². The largest absolute Gasteiger partial charge is 0.350 e. The molecule has 0 aliphatic rings. The average molecular weight is 479 g/mol. The van der Waals surface area contributed by atoms with Crippen LogP contribution in [0.4, 0.5) is 0 Å². The highest BCUT2D eigenvalue weighted by Gasteiger charge is 2.10. The Hall–Kier alpha value is -1.93. The zero-order valence-corrected chi connectivity index (χ0v) is 18.0. The van der Waals surface area contributed by atoms with Gasteiger partial charge in [-0.1, -0.05) is 50.2 Å². The van der Waals surface area contributed by atoms with Crippen molar-refractivity contribution in [2.75, 3.05) is 19.6 Å². The lowest BCUT2D eigenvalue weighted by molar-refractivity contribution is -0.120. The molecule has 2 aromatic carbocycles. The number of hydrogen-bond donors (Lipinski definition) is 2. The molecule has 144 valence electrons. The van der Waals surface area contributed by atoms with E-state index < -0.39 is 0 Å². The van der Waals surface area contributed by atoms with E-state index in [1.807, 2.05) is 30.3 Å². The maximum absolute atomic E-state index is 12.1. The van der Waals surface area contributed by atoms with Crippen LogP contribution in [0.2, 0.25) is 0 Å². The zero-order chi connectivity index (χ0) is 19.6. The zero-order valence-electron chi connectivity index (χ0n) is 15.8. The van der Waals surface area contributed by atoms with E-state index in [4.69, 9.17) is 0 Å². The van der Waals surface area contributed by atoms with Gasteiger partial charge in [0, 0.05) is 16.7 Å². The molecule has 0 fully saturated rings. The van der Waals surface area contributed by atoms with E-state index in [1.54, 1.807) is 6.07 Å². The quantitative estimate of drug-likeness (QED) is 0.544. The van der Waals surface area contributed by atoms with Crippen molar-refractivity contribution in [3.8, 4) is 0 Å². The van der Waals surface area contributed by atoms with Crippen molar-refractivity contribution in [1.82, 2.24) is 15.5 Å². The molecule has 0 unspecified atom stereocenters. The van der Waals surface area contributed by atoms with E-state index in [1.165, 1.54) is 5.56 Å². The third kappa shape index (κ3) is 6.95. The summed E-state index contributed by atoms with van der Waals surface area (Å²) in [5, 5.41) is 5.53. The first kappa shape index (κ1) is 21.4. The number of nitrogens with zero attached hydrogens (tertiary/aromatic N) is 1. The number of rotatable bonds is 9. The van der Waals surface area contributed by atoms with Crippen molar-refractivity contribution in [3.05, 3.63) is 68.8 Å². The lowest BCUT2D eigenvalue weighted by atomic mass is 10.1. The van der Waals surface area contributed by atoms with Crippen LogP contribution in [-0.4, -0.2) is 36.3 Å². The Bertz CT molecular complexity index is 776. The maximum atomic E-state index is 12.1. The van der Waals surface area contributed by atoms with Gasteiger partial charge < -0.3 is 10.6 Å². The number of hydrogen-bond acceptors (Lipinski definition) is 3. The molecule has 0 atom stereocenters. The molecule has 2 amide bonds. The van der Waals surface area contributed by atoms with E-state index in [-0.39, 0.29) is 18.4 Å². The fourth-order valence-corrected chi connectivity index (χ4v) is 3.34. The monoisotopic (exact) mass is 479 g/mol. The fraction of sp³-hybridized carbons (Fsp3) is 0.333. The predicted molar refractivity (Wildman–Crippen MR) is 116 cm³/mol. The molecule has 0 aliphatic heterocycles. The van der Waals surface area contributed by atoms with Gasteiger partial charge >= 0.3 is 0 Å². The van der Waals surface area contributed by atoms with Crippen molar-refractivity contribution in [1.29, 1.82) is 0 Å². The Morgan fingerprint density at radius 1 is 0.963 bits per heavy atom. The minimum atomic E-state index is -0.239. The highest BCUT2D eigenvalue weighted by atomic mass is 127. The lowest BCUT2D eigenvalue weighted by Gasteiger charge is -2.18. The molecular weight excluding hydrogens is 453 g/mol. The maximum Gasteiger partial charge on any atom is 0.252 e. The van der Waals surface area contributed by atoms with E-state index in [2.05, 4.69) is 64.1 Å². The summed E-state index contributed by atoms with van der Waals surface area (Å²) in [5.41, 5.74) is 2.87. The molecule has 0 heterocycles. The number of nitrogens with one attached hydrogen (secondary N) is 2. The van der Waals surface area contributed by atoms with E-state index in [0.29, 0.717) is 12.1 Å². The lowest BCUT2D eigenvalue weighted by Crippen LogP contribution is -2.36. The second-order valence-corrected chi connectivity index (χ2v) is 7.38. The van der Waals surface area contributed by atoms with Crippen molar-refractivity contribution in [2.45, 2.75) is 26.9 Å². The van der Waals surface area contributed by atoms with Crippen LogP contribution in [-0.2, 0) is 17.9 Å². The van der Waals surface area contributed by atoms with Crippen LogP contribution in [0.1, 0.15) is 35.3 Å². The molecule has 5 nitrogen and oxygen atoms in total. The minimum absolute atomic E-state index is 0.0387. The first-order valence-electron chi connectivity index (χ1n) is 9.13. The molecule has 0 aliphatic carbocycles. The molecule has 6 heteroatoms. The molecule has 0 saturated carbocycles. The fourth-order valence-electron chi connectivity index (χ4n) is 2.71. The van der Waals surface area contributed by atoms with Gasteiger partial charge in [0.25, 0.3) is 5.91 Å². The van der Waals surface area contributed by atoms with E-state index >= 15 is 0 Å². The van der Waals surface area contributed by atoms with E-state index in [0.717, 1.165) is 28.8 Å². The number of benzene rings is 2. The second-order valence-electron chi connectivity index (χ2n) is 6.22. The summed E-state index contributed by atoms with van der Waals surface area (Å²) in [6, 6.07) is 15.5. The van der Waals surface area contributed by atoms with Crippen LogP contribution in [0.3, 0.4) is 0 Å². The van der Waals surface area contributed by atoms with Gasteiger partial charge in [-0.3, -0.25) is 14.5 Å². The molecule has 2 N–H and O–H groups in total. The summed E-state index contributed by atoms with van der Waals surface area (Å²) >= 11 is 2.11. The highest BCUT2D eigenvalue weighted by molar-refractivity contribution is 14.1. The van der Waals surface area contributed by atoms with E-state index in [9.17, 15) is 9.59 Å². The summed E-state index contributed by atoms with van der Waals surface area (Å²) < 4.78 is 0.859. The van der Waals surface area contributed by atoms with Crippen LogP contribution in [0, 0.1) is 3.57 Å². The molecule has 0 saturated heterocycles. The summed E-state index contributed by atoms with van der Waals surface area (Å²) in [5.74, 6) is -0.445. The first-order valence-corrected chi connectivity index (χ1v) is 10.2. The molecule has 27 heavy (non-hydrogen) atoms. The van der Waals surface area contributed by atoms with Gasteiger partial charge in [-0.2, -0.15) is 0 Å². The molecule has 0 radical (unpaired) electrons. The normalized spacial score (nSPS) is 10.7. The summed E-state index contributed by atoms with van der Waals surface area (Å²) in [6.45, 7) is 7.64. The van der Waals surface area contributed by atoms with Gasteiger partial charge in [0.05, 0.1) is 12.1 Å². The SMILES string of the molecule is CCN(CC)Cc1cccc(CNC(=O)CNC(=O)c2ccccc2I)c1. The molecule has 0 aromatic heterocycles. The van der Waals surface area contributed by atoms with Crippen molar-refractivity contribution >= 4 is 34.4 Å². The minimum Gasteiger partial charge on any atom is -0.350 e. The topological polar surface area (TPSA) is 61.4 Å². The van der Waals surface area contributed by atoms with Crippen LogP contribution in [0.15, 0.2) is 48.5 Å². The van der Waals surface area contributed by atoms with Crippen LogP contribution in [0.5, 0.6) is 0 Å². The smallest absolute Gasteiger partial charge is 0.252 e. The third-order valence-electron chi connectivity index (χ3n) is 4.31. The van der Waals surface area contributed by atoms with Gasteiger partial charge in [0.15, 0.2) is 0 Å². The van der Waals surface area contributed by atoms with Gasteiger partial charge in [-0.25, -0.2) is 0 Å². The summed E-state index contributed by atoms with van der Waals surface area (Å²) in [4.78, 5) is 26.5. The standard InChI is InChI=1S/C21H26IN3O2/c1-3-25(4-2)15-17-9-7-8-16(12-17)13-23-20(26)14-24-21(27)18-10-5-6-11-19(18)22/h5-12H,3-4,13-15H2,1-2H3,(H,23,26)(H,24,27). The first-order chi connectivity index (χ1) is 13.0. The highest BCUT2D eigenvalue weighted by Crippen LogP contribution is 2.11. The molecular formula is C21H26IN3O2. The molecule has 2 aromatic rings. The Labute approximate surface area is 174 Å². The Morgan fingerprint density at radius 3 is 2.37 bits per heavy atom. The predicted octanol–water partition coefficient (Wildman–Crippen LogP) is 3.18. The molecule has 2 rings (SSSR count). The summed E-state index contributed by atoms with van der Waals surface area (Å²) in [7, 11) is 0. The van der Waals surface area contributed by atoms with Crippen molar-refractivity contribution < 1.29 is 9.59 Å². The van der Waals surface area contributed by atoms with Crippen LogP contribution < -0.4 is 10.6 Å². The van der Waals surface area contributed by atoms with Gasteiger partial charge in [0.1, 0.15) is 0 Å². The number of carbonyl (C=O) groups is 2. The van der Waals surface area contributed by atoms with Crippen LogP contribution >= 0.6 is 22.6 Å². The number of carbonyl (C=O) groups excluding carboxylic acids is 2. The van der Waals surface area contributed by atoms with Gasteiger partial charge in [0.2, 0.25) is 5.91 Å². The van der Waals surface area contributed by atoms with Gasteiger partial charge in [-0.05, 0) is 58.9 Å². The van der Waals surface area contributed by atoms with Gasteiger partial charge in [-0.15, -0.1) is 0 Å². The number of amides is 2. The average Bonchev–Trinajstić information content (AvgIpc) is 2.69. The third-order valence-corrected chi connectivity index (χ3v) is 5.25. The Kier molecular flexibility index (Phi) is 8.74. The molecule has 0 spiro atoms. The van der Waals surface area contributed by atoms with Crippen molar-refractivity contribution in [2.24, 2.45) is 0 Å². The Morgan fingerprint density at radius 2 is 1.67 bits per heavy atom. The summed E-state index contributed by atoms with van der Waals surface area (Å²) in [6.07, 6.45) is 0.